The molecule has 0 radical (unpaired) electrons. The maximum atomic E-state index is 5.79. The SMILES string of the molecule is CCc1ccc(NC(N)=NCC2CC2)cc1. The van der Waals surface area contributed by atoms with Crippen LogP contribution in [0.1, 0.15) is 25.3 Å². The maximum absolute atomic E-state index is 5.79. The van der Waals surface area contributed by atoms with Crippen molar-refractivity contribution >= 4 is 11.6 Å². The highest BCUT2D eigenvalue weighted by molar-refractivity contribution is 5.92. The quantitative estimate of drug-likeness (QED) is 0.601. The summed E-state index contributed by atoms with van der Waals surface area (Å²) in [4.78, 5) is 4.31. The minimum Gasteiger partial charge on any atom is -0.370 e. The average molecular weight is 217 g/mol. The third-order valence-electron chi connectivity index (χ3n) is 2.85. The Morgan fingerprint density at radius 3 is 2.62 bits per heavy atom. The summed E-state index contributed by atoms with van der Waals surface area (Å²) >= 11 is 0. The predicted molar refractivity (Wildman–Crippen MR) is 68.7 cm³/mol. The molecule has 1 fully saturated rings. The van der Waals surface area contributed by atoms with E-state index < -0.39 is 0 Å². The minimum absolute atomic E-state index is 0.524. The lowest BCUT2D eigenvalue weighted by molar-refractivity contribution is 0.846. The van der Waals surface area contributed by atoms with Crippen molar-refractivity contribution in [2.75, 3.05) is 11.9 Å². The average Bonchev–Trinajstić information content (AvgIpc) is 3.11. The second-order valence-electron chi connectivity index (χ2n) is 4.34. The number of hydrogen-bond donors (Lipinski definition) is 2. The summed E-state index contributed by atoms with van der Waals surface area (Å²) in [5, 5.41) is 3.10. The van der Waals surface area contributed by atoms with Crippen LogP contribution in [-0.2, 0) is 6.42 Å². The van der Waals surface area contributed by atoms with E-state index in [4.69, 9.17) is 5.73 Å². The van der Waals surface area contributed by atoms with Crippen molar-refractivity contribution in [3.8, 4) is 0 Å². The first-order chi connectivity index (χ1) is 7.78. The number of guanidine groups is 1. The molecule has 0 aliphatic heterocycles. The van der Waals surface area contributed by atoms with Gasteiger partial charge in [0.25, 0.3) is 0 Å². The van der Waals surface area contributed by atoms with Gasteiger partial charge in [-0.1, -0.05) is 19.1 Å². The minimum atomic E-state index is 0.524. The first kappa shape index (κ1) is 11.0. The number of rotatable bonds is 4. The fourth-order valence-corrected chi connectivity index (χ4v) is 1.54. The molecule has 3 nitrogen and oxygen atoms in total. The summed E-state index contributed by atoms with van der Waals surface area (Å²) in [7, 11) is 0. The van der Waals surface area contributed by atoms with Crippen molar-refractivity contribution in [1.82, 2.24) is 0 Å². The molecule has 2 rings (SSSR count). The van der Waals surface area contributed by atoms with E-state index in [1.807, 2.05) is 12.1 Å². The summed E-state index contributed by atoms with van der Waals surface area (Å²) in [6.07, 6.45) is 3.68. The monoisotopic (exact) mass is 217 g/mol. The molecule has 0 bridgehead atoms. The largest absolute Gasteiger partial charge is 0.370 e. The van der Waals surface area contributed by atoms with Crippen LogP contribution in [0.2, 0.25) is 0 Å². The molecular weight excluding hydrogens is 198 g/mol. The van der Waals surface area contributed by atoms with Crippen LogP contribution in [0.4, 0.5) is 5.69 Å². The van der Waals surface area contributed by atoms with Gasteiger partial charge in [-0.25, -0.2) is 0 Å². The van der Waals surface area contributed by atoms with E-state index in [1.54, 1.807) is 0 Å². The van der Waals surface area contributed by atoms with E-state index in [9.17, 15) is 0 Å². The summed E-state index contributed by atoms with van der Waals surface area (Å²) < 4.78 is 0. The molecule has 1 saturated carbocycles. The van der Waals surface area contributed by atoms with Gasteiger partial charge in [0.05, 0.1) is 0 Å². The normalized spacial score (nSPS) is 16.2. The van der Waals surface area contributed by atoms with Crippen LogP contribution >= 0.6 is 0 Å². The fourth-order valence-electron chi connectivity index (χ4n) is 1.54. The molecule has 0 aromatic heterocycles. The number of aryl methyl sites for hydroxylation is 1. The highest BCUT2D eigenvalue weighted by Crippen LogP contribution is 2.28. The van der Waals surface area contributed by atoms with Crippen molar-refractivity contribution in [1.29, 1.82) is 0 Å². The van der Waals surface area contributed by atoms with E-state index in [1.165, 1.54) is 18.4 Å². The molecule has 0 atom stereocenters. The molecule has 1 aliphatic carbocycles. The Morgan fingerprint density at radius 2 is 2.06 bits per heavy atom. The number of nitrogens with one attached hydrogen (secondary N) is 1. The van der Waals surface area contributed by atoms with Crippen LogP contribution in [0.15, 0.2) is 29.3 Å². The second kappa shape index (κ2) is 5.01. The molecule has 0 amide bonds. The fraction of sp³-hybridized carbons (Fsp3) is 0.462. The number of benzene rings is 1. The van der Waals surface area contributed by atoms with Crippen LogP contribution in [0, 0.1) is 5.92 Å². The summed E-state index contributed by atoms with van der Waals surface area (Å²) in [5.41, 5.74) is 8.13. The Kier molecular flexibility index (Phi) is 3.44. The van der Waals surface area contributed by atoms with Gasteiger partial charge < -0.3 is 11.1 Å². The lowest BCUT2D eigenvalue weighted by atomic mass is 10.1. The summed E-state index contributed by atoms with van der Waals surface area (Å²) in [6.45, 7) is 3.01. The lowest BCUT2D eigenvalue weighted by Gasteiger charge is -2.06. The van der Waals surface area contributed by atoms with Crippen molar-refractivity contribution in [2.24, 2.45) is 16.6 Å². The van der Waals surface area contributed by atoms with Gasteiger partial charge in [-0.3, -0.25) is 4.99 Å². The van der Waals surface area contributed by atoms with Gasteiger partial charge in [0.15, 0.2) is 5.96 Å². The molecule has 16 heavy (non-hydrogen) atoms. The Morgan fingerprint density at radius 1 is 1.38 bits per heavy atom. The molecule has 0 heterocycles. The second-order valence-corrected chi connectivity index (χ2v) is 4.34. The van der Waals surface area contributed by atoms with Crippen LogP contribution in [0.5, 0.6) is 0 Å². The molecular formula is C13H19N3. The molecule has 0 unspecified atom stereocenters. The zero-order valence-electron chi connectivity index (χ0n) is 9.74. The Labute approximate surface area is 96.8 Å². The van der Waals surface area contributed by atoms with Crippen molar-refractivity contribution in [2.45, 2.75) is 26.2 Å². The molecule has 1 aromatic carbocycles. The zero-order valence-corrected chi connectivity index (χ0v) is 9.74. The third-order valence-corrected chi connectivity index (χ3v) is 2.85. The van der Waals surface area contributed by atoms with Gasteiger partial charge in [0.2, 0.25) is 0 Å². The van der Waals surface area contributed by atoms with Crippen LogP contribution in [0.25, 0.3) is 0 Å². The van der Waals surface area contributed by atoms with Crippen molar-refractivity contribution in [3.05, 3.63) is 29.8 Å². The van der Waals surface area contributed by atoms with Gasteiger partial charge in [0.1, 0.15) is 0 Å². The topological polar surface area (TPSA) is 50.4 Å². The van der Waals surface area contributed by atoms with Crippen LogP contribution in [-0.4, -0.2) is 12.5 Å². The highest BCUT2D eigenvalue weighted by atomic mass is 15.1. The number of aliphatic imine (C=N–C) groups is 1. The molecule has 0 spiro atoms. The van der Waals surface area contributed by atoms with Crippen molar-refractivity contribution in [3.63, 3.8) is 0 Å². The highest BCUT2D eigenvalue weighted by Gasteiger charge is 2.20. The van der Waals surface area contributed by atoms with Gasteiger partial charge in [-0.2, -0.15) is 0 Å². The smallest absolute Gasteiger partial charge is 0.193 e. The van der Waals surface area contributed by atoms with E-state index in [2.05, 4.69) is 29.4 Å². The van der Waals surface area contributed by atoms with Crippen molar-refractivity contribution < 1.29 is 0 Å². The standard InChI is InChI=1S/C13H19N3/c1-2-10-5-7-12(8-6-10)16-13(14)15-9-11-3-4-11/h5-8,11H,2-4,9H2,1H3,(H3,14,15,16). The lowest BCUT2D eigenvalue weighted by Crippen LogP contribution is -2.23. The zero-order chi connectivity index (χ0) is 11.4. The van der Waals surface area contributed by atoms with E-state index >= 15 is 0 Å². The molecule has 0 saturated heterocycles. The summed E-state index contributed by atoms with van der Waals surface area (Å²) in [6, 6.07) is 8.30. The van der Waals surface area contributed by atoms with Crippen LogP contribution in [0.3, 0.4) is 0 Å². The number of nitrogens with zero attached hydrogens (tertiary/aromatic N) is 1. The molecule has 3 heteroatoms. The molecule has 1 aromatic rings. The molecule has 3 N–H and O–H groups in total. The van der Waals surface area contributed by atoms with Crippen LogP contribution < -0.4 is 11.1 Å². The first-order valence-corrected chi connectivity index (χ1v) is 5.94. The first-order valence-electron chi connectivity index (χ1n) is 5.94. The van der Waals surface area contributed by atoms with Gasteiger partial charge in [-0.05, 0) is 42.9 Å². The van der Waals surface area contributed by atoms with E-state index in [0.29, 0.717) is 5.96 Å². The Balaban J connectivity index is 1.88. The molecule has 86 valence electrons. The number of hydrogen-bond acceptors (Lipinski definition) is 1. The summed E-state index contributed by atoms with van der Waals surface area (Å²) in [5.74, 6) is 1.30. The Bertz CT molecular complexity index is 363. The molecule has 1 aliphatic rings. The third kappa shape index (κ3) is 3.26. The van der Waals surface area contributed by atoms with E-state index in [0.717, 1.165) is 24.6 Å². The maximum Gasteiger partial charge on any atom is 0.193 e. The van der Waals surface area contributed by atoms with Gasteiger partial charge in [-0.15, -0.1) is 0 Å². The van der Waals surface area contributed by atoms with Gasteiger partial charge in [0, 0.05) is 12.2 Å². The van der Waals surface area contributed by atoms with E-state index in [-0.39, 0.29) is 0 Å². The Hall–Kier alpha value is -1.51. The number of anilines is 1. The predicted octanol–water partition coefficient (Wildman–Crippen LogP) is 2.39. The van der Waals surface area contributed by atoms with Gasteiger partial charge >= 0.3 is 0 Å². The number of nitrogens with two attached hydrogens (primary N) is 1.